The van der Waals surface area contributed by atoms with Crippen LogP contribution in [0.5, 0.6) is 5.75 Å². The number of aliphatic imine (C=N–C) groups is 1. The Morgan fingerprint density at radius 3 is 2.18 bits per heavy atom. The summed E-state index contributed by atoms with van der Waals surface area (Å²) in [5.74, 6) is -0.0374. The minimum atomic E-state index is -0.997. The van der Waals surface area contributed by atoms with E-state index in [2.05, 4.69) is 45.7 Å². The van der Waals surface area contributed by atoms with Gasteiger partial charge in [0.1, 0.15) is 54.0 Å². The summed E-state index contributed by atoms with van der Waals surface area (Å²) in [6.45, 7) is 16.3. The molecule has 2 aliphatic heterocycles. The van der Waals surface area contributed by atoms with E-state index in [0.29, 0.717) is 23.0 Å². The molecule has 3 aromatic heterocycles. The van der Waals surface area contributed by atoms with Gasteiger partial charge in [-0.25, -0.2) is 4.98 Å². The largest absolute Gasteiger partial charge is 0.490 e. The van der Waals surface area contributed by atoms with E-state index in [1.54, 1.807) is 34.8 Å². The molecule has 0 aliphatic carbocycles. The Kier molecular flexibility index (Phi) is 18.9. The molecule has 79 heavy (non-hydrogen) atoms. The summed E-state index contributed by atoms with van der Waals surface area (Å²) in [7, 11) is 1.36. The number of thiophene rings is 1. The van der Waals surface area contributed by atoms with Gasteiger partial charge in [0.25, 0.3) is 0 Å². The van der Waals surface area contributed by atoms with Gasteiger partial charge in [-0.1, -0.05) is 75.4 Å². The van der Waals surface area contributed by atoms with Crippen LogP contribution >= 0.6 is 22.7 Å². The Bertz CT molecular complexity index is 3230. The van der Waals surface area contributed by atoms with Crippen molar-refractivity contribution < 1.29 is 48.0 Å². The van der Waals surface area contributed by atoms with E-state index in [0.717, 1.165) is 65.1 Å². The zero-order chi connectivity index (χ0) is 56.5. The number of rotatable bonds is 22. The quantitative estimate of drug-likeness (QED) is 0.0441. The van der Waals surface area contributed by atoms with E-state index >= 15 is 0 Å². The molecule has 21 heteroatoms. The number of aryl methyl sites for hydroxylation is 3. The lowest BCUT2D eigenvalue weighted by atomic mass is 9.85. The molecule has 5 heterocycles. The topological polar surface area (TPSA) is 242 Å². The zero-order valence-electron chi connectivity index (χ0n) is 46.0. The highest BCUT2D eigenvalue weighted by Gasteiger charge is 2.45. The van der Waals surface area contributed by atoms with Crippen molar-refractivity contribution in [1.82, 2.24) is 35.3 Å². The third-order valence-electron chi connectivity index (χ3n) is 13.9. The van der Waals surface area contributed by atoms with Gasteiger partial charge in [0, 0.05) is 29.0 Å². The first-order valence-corrected chi connectivity index (χ1v) is 27.8. The van der Waals surface area contributed by atoms with Gasteiger partial charge in [0.05, 0.1) is 86.1 Å². The molecule has 0 bridgehead atoms. The maximum absolute atomic E-state index is 14.1. The van der Waals surface area contributed by atoms with Crippen LogP contribution in [0.3, 0.4) is 0 Å². The van der Waals surface area contributed by atoms with E-state index in [1.807, 2.05) is 106 Å². The first-order valence-electron chi connectivity index (χ1n) is 26.1. The minimum absolute atomic E-state index is 0.0110. The number of β-amino-alcohol motifs (C(OH)–C–C–N with tert-alkyl or cyclic N) is 1. The lowest BCUT2D eigenvalue weighted by Crippen LogP contribution is -2.58. The molecular weight excluding hydrogens is 1050 g/mol. The number of hydrogen-bond donors (Lipinski definition) is 3. The maximum Gasteiger partial charge on any atom is 0.308 e. The van der Waals surface area contributed by atoms with Crippen LogP contribution in [0.2, 0.25) is 0 Å². The number of aromatic nitrogens is 4. The van der Waals surface area contributed by atoms with Gasteiger partial charge >= 0.3 is 5.97 Å². The summed E-state index contributed by atoms with van der Waals surface area (Å²) in [5.41, 5.74) is 9.73. The molecule has 3 N–H and O–H groups in total. The van der Waals surface area contributed by atoms with Crippen LogP contribution in [0.1, 0.15) is 103 Å². The summed E-state index contributed by atoms with van der Waals surface area (Å²) >= 11 is 3.20. The average molecular weight is 1110 g/mol. The van der Waals surface area contributed by atoms with Gasteiger partial charge < -0.3 is 44.3 Å². The van der Waals surface area contributed by atoms with E-state index in [-0.39, 0.29) is 77.6 Å². The SMILES string of the molecule is COC(=O)C[C@@H]1N=C(c2ccc(-c3ccc(OCCOCCOCCOCC(=O)N[C@H](C(=O)N4C[C@H](O)C[C@H]4C(=O)N[C@@H](C)c4ccc(-c5scnc5C)cc4)C(C)(C)C)c(C#N)c3)cc2)c2c(sc(C)c2C)-n2c(C)nnc21. The lowest BCUT2D eigenvalue weighted by Gasteiger charge is -2.35. The van der Waals surface area contributed by atoms with E-state index < -0.39 is 47.4 Å². The number of aliphatic hydroxyl groups is 1. The summed E-state index contributed by atoms with van der Waals surface area (Å²) in [6.07, 6.45) is -0.812. The van der Waals surface area contributed by atoms with Crippen molar-refractivity contribution in [2.75, 3.05) is 59.9 Å². The Hall–Kier alpha value is -7.19. The van der Waals surface area contributed by atoms with Crippen molar-refractivity contribution in [1.29, 1.82) is 5.26 Å². The highest BCUT2D eigenvalue weighted by molar-refractivity contribution is 7.15. The molecule has 2 aliphatic rings. The Balaban J connectivity index is 0.748. The van der Waals surface area contributed by atoms with Gasteiger partial charge in [-0.3, -0.25) is 28.7 Å². The van der Waals surface area contributed by atoms with Crippen LogP contribution in [-0.4, -0.2) is 137 Å². The monoisotopic (exact) mass is 1110 g/mol. The molecule has 0 spiro atoms. The number of carbonyl (C=O) groups excluding carboxylic acids is 4. The third-order valence-corrected chi connectivity index (χ3v) is 16.1. The van der Waals surface area contributed by atoms with Crippen molar-refractivity contribution in [3.63, 3.8) is 0 Å². The number of hydrogen-bond acceptors (Lipinski definition) is 17. The fourth-order valence-electron chi connectivity index (χ4n) is 9.54. The second kappa shape index (κ2) is 25.7. The number of ether oxygens (including phenoxy) is 5. The normalized spacial score (nSPS) is 16.7. The fraction of sp³-hybridized carbons (Fsp3) is 0.431. The molecule has 3 aromatic carbocycles. The van der Waals surface area contributed by atoms with Crippen LogP contribution in [-0.2, 0) is 38.1 Å². The van der Waals surface area contributed by atoms with Crippen LogP contribution in [0.25, 0.3) is 26.6 Å². The van der Waals surface area contributed by atoms with Gasteiger partial charge in [-0.15, -0.1) is 32.9 Å². The fourth-order valence-corrected chi connectivity index (χ4v) is 11.6. The van der Waals surface area contributed by atoms with Crippen molar-refractivity contribution >= 4 is 52.1 Å². The number of esters is 1. The van der Waals surface area contributed by atoms with Crippen molar-refractivity contribution in [2.24, 2.45) is 10.4 Å². The highest BCUT2D eigenvalue weighted by atomic mass is 32.1. The van der Waals surface area contributed by atoms with Gasteiger partial charge in [-0.2, -0.15) is 5.26 Å². The second-order valence-corrected chi connectivity index (χ2v) is 22.6. The molecule has 0 unspecified atom stereocenters. The average Bonchev–Trinajstić information content (AvgIpc) is 4.40. The number of thiazole rings is 1. The molecular formula is C58H67N9O10S2. The predicted octanol–water partition coefficient (Wildman–Crippen LogP) is 7.48. The molecule has 3 amide bonds. The second-order valence-electron chi connectivity index (χ2n) is 20.6. The summed E-state index contributed by atoms with van der Waals surface area (Å²) in [5, 5.41) is 36.3. The van der Waals surface area contributed by atoms with Gasteiger partial charge in [0.15, 0.2) is 5.82 Å². The summed E-state index contributed by atoms with van der Waals surface area (Å²) in [4.78, 5) is 66.5. The van der Waals surface area contributed by atoms with E-state index in [9.17, 15) is 29.5 Å². The Morgan fingerprint density at radius 1 is 0.861 bits per heavy atom. The molecule has 19 nitrogen and oxygen atoms in total. The summed E-state index contributed by atoms with van der Waals surface area (Å²) < 4.78 is 29.8. The maximum atomic E-state index is 14.1. The molecule has 0 radical (unpaired) electrons. The number of fused-ring (bicyclic) bond motifs is 3. The number of nitrogens with zero attached hydrogens (tertiary/aromatic N) is 7. The first-order chi connectivity index (χ1) is 37.9. The van der Waals surface area contributed by atoms with Crippen LogP contribution in [0.15, 0.2) is 77.2 Å². The van der Waals surface area contributed by atoms with Crippen molar-refractivity contribution in [3.05, 3.63) is 122 Å². The molecule has 8 rings (SSSR count). The number of likely N-dealkylation sites (tertiary alicyclic amines) is 1. The predicted molar refractivity (Wildman–Crippen MR) is 299 cm³/mol. The molecule has 1 fully saturated rings. The van der Waals surface area contributed by atoms with Crippen molar-refractivity contribution in [2.45, 2.75) is 98.5 Å². The number of nitriles is 1. The number of carbonyl (C=O) groups is 4. The Morgan fingerprint density at radius 2 is 1.52 bits per heavy atom. The van der Waals surface area contributed by atoms with Crippen LogP contribution in [0.4, 0.5) is 0 Å². The van der Waals surface area contributed by atoms with Gasteiger partial charge in [-0.05, 0) is 80.0 Å². The highest BCUT2D eigenvalue weighted by Crippen LogP contribution is 2.40. The number of methoxy groups -OCH3 is 1. The number of aliphatic hydroxyl groups excluding tert-OH is 1. The molecule has 1 saturated heterocycles. The minimum Gasteiger partial charge on any atom is -0.490 e. The van der Waals surface area contributed by atoms with E-state index in [1.165, 1.54) is 12.0 Å². The molecule has 0 saturated carbocycles. The van der Waals surface area contributed by atoms with Gasteiger partial charge in [0.2, 0.25) is 17.7 Å². The lowest BCUT2D eigenvalue weighted by molar-refractivity contribution is -0.144. The first kappa shape index (κ1) is 58.0. The Labute approximate surface area is 468 Å². The molecule has 416 valence electrons. The van der Waals surface area contributed by atoms with Crippen LogP contribution < -0.4 is 15.4 Å². The van der Waals surface area contributed by atoms with E-state index in [4.69, 9.17) is 28.7 Å². The molecule has 5 atom stereocenters. The zero-order valence-corrected chi connectivity index (χ0v) is 47.6. The third kappa shape index (κ3) is 13.6. The summed E-state index contributed by atoms with van der Waals surface area (Å²) in [6, 6.07) is 20.7. The molecule has 6 aromatic rings. The standard InChI is InChI=1S/C58H67N9O10S2/c1-33-36(4)79-57-50(33)51(62-45(28-49(70)73-9)54-65-64-37(5)67(54)57)40-14-12-39(13-15-40)42-18-19-47(43(26-42)29-59)77-25-24-75-21-20-74-22-23-76-31-48(69)63-53(58(6,7)8)56(72)66-30-44(68)27-46(66)55(71)61-34(2)38-10-16-41(17-11-38)52-35(3)60-32-78-52/h10-19,26,32,34,44-46,53,68H,20-25,27-28,30-31H2,1-9H3,(H,61,71)(H,63,69)/t34-,44+,45-,46-,53+/m0/s1. The number of benzene rings is 3. The van der Waals surface area contributed by atoms with Crippen LogP contribution in [0, 0.1) is 44.4 Å². The van der Waals surface area contributed by atoms with Crippen molar-refractivity contribution in [3.8, 4) is 38.4 Å². The number of amides is 3. The smallest absolute Gasteiger partial charge is 0.308 e. The number of nitrogens with one attached hydrogen (secondary N) is 2.